The summed E-state index contributed by atoms with van der Waals surface area (Å²) in [4.78, 5) is 17.0. The number of aromatic nitrogens is 2. The lowest BCUT2D eigenvalue weighted by molar-refractivity contribution is 0.102. The molecule has 0 radical (unpaired) electrons. The maximum absolute atomic E-state index is 12.7. The van der Waals surface area contributed by atoms with Crippen LogP contribution in [0.2, 0.25) is 0 Å². The standard InChI is InChI=1S/C21H23N3O/c1-4-17-8-10-18(11-9-17)23-21(25)20-13-15(2)24(16(20)3)14-19-7-5-6-12-22-19/h5-13H,4,14H2,1-3H3,(H,23,25). The number of hydrogen-bond acceptors (Lipinski definition) is 2. The van der Waals surface area contributed by atoms with Gasteiger partial charge in [0, 0.05) is 23.3 Å². The Morgan fingerprint density at radius 3 is 2.52 bits per heavy atom. The number of pyridine rings is 1. The molecule has 0 fully saturated rings. The van der Waals surface area contributed by atoms with Gasteiger partial charge in [0.05, 0.1) is 17.8 Å². The van der Waals surface area contributed by atoms with Gasteiger partial charge in [0.15, 0.2) is 0 Å². The van der Waals surface area contributed by atoms with Gasteiger partial charge in [-0.3, -0.25) is 9.78 Å². The predicted molar refractivity (Wildman–Crippen MR) is 101 cm³/mol. The van der Waals surface area contributed by atoms with Crippen molar-refractivity contribution in [1.29, 1.82) is 0 Å². The van der Waals surface area contributed by atoms with E-state index >= 15 is 0 Å². The van der Waals surface area contributed by atoms with Gasteiger partial charge >= 0.3 is 0 Å². The van der Waals surface area contributed by atoms with Crippen molar-refractivity contribution in [3.8, 4) is 0 Å². The Bertz CT molecular complexity index is 864. The van der Waals surface area contributed by atoms with Crippen molar-refractivity contribution in [2.45, 2.75) is 33.7 Å². The van der Waals surface area contributed by atoms with Crippen LogP contribution in [0.3, 0.4) is 0 Å². The summed E-state index contributed by atoms with van der Waals surface area (Å²) in [5, 5.41) is 2.99. The van der Waals surface area contributed by atoms with Crippen LogP contribution in [-0.4, -0.2) is 15.5 Å². The monoisotopic (exact) mass is 333 g/mol. The van der Waals surface area contributed by atoms with E-state index < -0.39 is 0 Å². The summed E-state index contributed by atoms with van der Waals surface area (Å²) in [6.07, 6.45) is 2.78. The minimum Gasteiger partial charge on any atom is -0.342 e. The zero-order valence-corrected chi connectivity index (χ0v) is 14.9. The van der Waals surface area contributed by atoms with Crippen LogP contribution in [0.4, 0.5) is 5.69 Å². The Kier molecular flexibility index (Phi) is 4.98. The third-order valence-electron chi connectivity index (χ3n) is 4.48. The van der Waals surface area contributed by atoms with Crippen LogP contribution in [0.5, 0.6) is 0 Å². The fraction of sp³-hybridized carbons (Fsp3) is 0.238. The third-order valence-corrected chi connectivity index (χ3v) is 4.48. The van der Waals surface area contributed by atoms with Crippen LogP contribution >= 0.6 is 0 Å². The molecule has 2 heterocycles. The van der Waals surface area contributed by atoms with Crippen LogP contribution < -0.4 is 5.32 Å². The van der Waals surface area contributed by atoms with E-state index in [0.717, 1.165) is 29.2 Å². The van der Waals surface area contributed by atoms with E-state index in [1.807, 2.05) is 62.4 Å². The molecule has 1 amide bonds. The Balaban J connectivity index is 1.80. The molecule has 3 rings (SSSR count). The van der Waals surface area contributed by atoms with Gasteiger partial charge in [0.1, 0.15) is 0 Å². The molecule has 128 valence electrons. The molecule has 0 atom stereocenters. The lowest BCUT2D eigenvalue weighted by atomic mass is 10.1. The first-order chi connectivity index (χ1) is 12.1. The Morgan fingerprint density at radius 2 is 1.88 bits per heavy atom. The second-order valence-electron chi connectivity index (χ2n) is 6.20. The van der Waals surface area contributed by atoms with E-state index in [9.17, 15) is 4.79 Å². The van der Waals surface area contributed by atoms with Gasteiger partial charge in [-0.1, -0.05) is 25.1 Å². The number of aryl methyl sites for hydroxylation is 2. The number of carbonyl (C=O) groups is 1. The van der Waals surface area contributed by atoms with Crippen LogP contribution in [0.1, 0.15) is 39.9 Å². The molecule has 1 N–H and O–H groups in total. The van der Waals surface area contributed by atoms with E-state index in [1.54, 1.807) is 6.20 Å². The quantitative estimate of drug-likeness (QED) is 0.754. The normalized spacial score (nSPS) is 10.7. The van der Waals surface area contributed by atoms with Gasteiger partial charge in [0.25, 0.3) is 5.91 Å². The fourth-order valence-corrected chi connectivity index (χ4v) is 2.95. The molecule has 0 bridgehead atoms. The van der Waals surface area contributed by atoms with Crippen LogP contribution in [0.15, 0.2) is 54.7 Å². The van der Waals surface area contributed by atoms with Crippen molar-refractivity contribution in [3.05, 3.63) is 82.9 Å². The van der Waals surface area contributed by atoms with Crippen molar-refractivity contribution in [3.63, 3.8) is 0 Å². The summed E-state index contributed by atoms with van der Waals surface area (Å²) in [5.74, 6) is -0.0791. The van der Waals surface area contributed by atoms with Crippen molar-refractivity contribution in [1.82, 2.24) is 9.55 Å². The van der Waals surface area contributed by atoms with E-state index in [4.69, 9.17) is 0 Å². The topological polar surface area (TPSA) is 46.9 Å². The summed E-state index contributed by atoms with van der Waals surface area (Å²) in [6, 6.07) is 15.8. The third kappa shape index (κ3) is 3.79. The molecule has 0 saturated heterocycles. The highest BCUT2D eigenvalue weighted by Crippen LogP contribution is 2.19. The lowest BCUT2D eigenvalue weighted by Gasteiger charge is -2.10. The van der Waals surface area contributed by atoms with E-state index in [0.29, 0.717) is 12.1 Å². The summed E-state index contributed by atoms with van der Waals surface area (Å²) >= 11 is 0. The molecule has 0 spiro atoms. The van der Waals surface area contributed by atoms with Gasteiger partial charge in [-0.15, -0.1) is 0 Å². The average Bonchev–Trinajstić information content (AvgIpc) is 2.91. The van der Waals surface area contributed by atoms with Gasteiger partial charge in [-0.25, -0.2) is 0 Å². The van der Waals surface area contributed by atoms with E-state index in [1.165, 1.54) is 5.56 Å². The maximum atomic E-state index is 12.7. The molecular formula is C21H23N3O. The first-order valence-corrected chi connectivity index (χ1v) is 8.55. The SMILES string of the molecule is CCc1ccc(NC(=O)c2cc(C)n(Cc3ccccn3)c2C)cc1. The number of nitrogens with one attached hydrogen (secondary N) is 1. The number of nitrogens with zero attached hydrogens (tertiary/aromatic N) is 2. The van der Waals surface area contributed by atoms with Gasteiger partial charge < -0.3 is 9.88 Å². The highest BCUT2D eigenvalue weighted by Gasteiger charge is 2.16. The minimum absolute atomic E-state index is 0.0791. The number of hydrogen-bond donors (Lipinski definition) is 1. The predicted octanol–water partition coefficient (Wildman–Crippen LogP) is 4.36. The Morgan fingerprint density at radius 1 is 1.12 bits per heavy atom. The van der Waals surface area contributed by atoms with Crippen LogP contribution in [0.25, 0.3) is 0 Å². The number of amides is 1. The molecule has 4 nitrogen and oxygen atoms in total. The molecule has 2 aromatic heterocycles. The summed E-state index contributed by atoms with van der Waals surface area (Å²) in [7, 11) is 0. The smallest absolute Gasteiger partial charge is 0.257 e. The molecule has 0 aliphatic carbocycles. The van der Waals surface area contributed by atoms with E-state index in [-0.39, 0.29) is 5.91 Å². The molecule has 0 aliphatic heterocycles. The van der Waals surface area contributed by atoms with Gasteiger partial charge in [0.2, 0.25) is 0 Å². The van der Waals surface area contributed by atoms with Crippen molar-refractivity contribution in [2.24, 2.45) is 0 Å². The maximum Gasteiger partial charge on any atom is 0.257 e. The second-order valence-corrected chi connectivity index (χ2v) is 6.20. The van der Waals surface area contributed by atoms with Crippen LogP contribution in [0, 0.1) is 13.8 Å². The van der Waals surface area contributed by atoms with E-state index in [2.05, 4.69) is 21.8 Å². The van der Waals surface area contributed by atoms with Crippen molar-refractivity contribution in [2.75, 3.05) is 5.32 Å². The zero-order chi connectivity index (χ0) is 17.8. The molecule has 3 aromatic rings. The first-order valence-electron chi connectivity index (χ1n) is 8.55. The highest BCUT2D eigenvalue weighted by atomic mass is 16.1. The average molecular weight is 333 g/mol. The lowest BCUT2D eigenvalue weighted by Crippen LogP contribution is -2.13. The minimum atomic E-state index is -0.0791. The summed E-state index contributed by atoms with van der Waals surface area (Å²) in [6.45, 7) is 6.77. The summed E-state index contributed by atoms with van der Waals surface area (Å²) in [5.41, 5.74) is 5.75. The van der Waals surface area contributed by atoms with Crippen LogP contribution in [-0.2, 0) is 13.0 Å². The largest absolute Gasteiger partial charge is 0.342 e. The van der Waals surface area contributed by atoms with Crippen molar-refractivity contribution < 1.29 is 4.79 Å². The van der Waals surface area contributed by atoms with Gasteiger partial charge in [-0.05, 0) is 56.2 Å². The fourth-order valence-electron chi connectivity index (χ4n) is 2.95. The number of carbonyl (C=O) groups excluding carboxylic acids is 1. The highest BCUT2D eigenvalue weighted by molar-refractivity contribution is 6.05. The number of rotatable bonds is 5. The summed E-state index contributed by atoms with van der Waals surface area (Å²) < 4.78 is 2.12. The van der Waals surface area contributed by atoms with Crippen molar-refractivity contribution >= 4 is 11.6 Å². The number of anilines is 1. The Hall–Kier alpha value is -2.88. The zero-order valence-electron chi connectivity index (χ0n) is 14.9. The molecule has 1 aromatic carbocycles. The molecule has 0 unspecified atom stereocenters. The second kappa shape index (κ2) is 7.34. The van der Waals surface area contributed by atoms with Gasteiger partial charge in [-0.2, -0.15) is 0 Å². The molecule has 0 saturated carbocycles. The molecule has 4 heteroatoms. The first kappa shape index (κ1) is 17.0. The molecule has 0 aliphatic rings. The molecular weight excluding hydrogens is 310 g/mol. The Labute approximate surface area is 148 Å². The molecule has 25 heavy (non-hydrogen) atoms. The number of benzene rings is 1.